The zero-order valence-corrected chi connectivity index (χ0v) is 29.6. The molecule has 0 bridgehead atoms. The van der Waals surface area contributed by atoms with Crippen molar-refractivity contribution in [2.45, 2.75) is 6.04 Å². The normalized spacial score (nSPS) is 13.4. The second-order valence-electron chi connectivity index (χ2n) is 13.7. The number of fused-ring (bicyclic) bond motifs is 5. The van der Waals surface area contributed by atoms with Crippen LogP contribution in [0.5, 0.6) is 0 Å². The topological polar surface area (TPSA) is 55.1 Å². The Bertz CT molecular complexity index is 2740. The molecule has 5 nitrogen and oxygen atoms in total. The van der Waals surface area contributed by atoms with E-state index in [1.807, 2.05) is 42.5 Å². The number of anilines is 1. The molecule has 10 rings (SSSR count). The number of rotatable bonds is 6. The monoisotopic (exact) mass is 694 g/mol. The molecular weight excluding hydrogens is 661 g/mol. The average molecular weight is 695 g/mol. The van der Waals surface area contributed by atoms with Crippen molar-refractivity contribution >= 4 is 16.7 Å². The summed E-state index contributed by atoms with van der Waals surface area (Å²) in [6.07, 6.45) is 3.61. The Balaban J connectivity index is 1.09. The van der Waals surface area contributed by atoms with Crippen molar-refractivity contribution in [3.63, 3.8) is 0 Å². The third-order valence-electron chi connectivity index (χ3n) is 10.4. The van der Waals surface area contributed by atoms with Crippen molar-refractivity contribution in [3.05, 3.63) is 194 Å². The first kappa shape index (κ1) is 31.6. The first-order chi connectivity index (χ1) is 26.7. The summed E-state index contributed by atoms with van der Waals surface area (Å²) in [6.45, 7) is 0. The molecule has 9 aromatic rings. The summed E-state index contributed by atoms with van der Waals surface area (Å²) in [7, 11) is 2.18. The quantitative estimate of drug-likeness (QED) is 0.173. The molecular formula is C49H34N4O. The van der Waals surface area contributed by atoms with Crippen LogP contribution in [0.4, 0.5) is 5.69 Å². The Kier molecular flexibility index (Phi) is 7.69. The van der Waals surface area contributed by atoms with Crippen LogP contribution in [0, 0.1) is 0 Å². The Hall–Kier alpha value is -7.11. The number of furan rings is 1. The van der Waals surface area contributed by atoms with Crippen molar-refractivity contribution in [3.8, 4) is 67.3 Å². The summed E-state index contributed by atoms with van der Waals surface area (Å²) in [5, 5.41) is 1.13. The van der Waals surface area contributed by atoms with Gasteiger partial charge >= 0.3 is 0 Å². The van der Waals surface area contributed by atoms with Gasteiger partial charge in [-0.05, 0) is 99.6 Å². The first-order valence-corrected chi connectivity index (χ1v) is 18.2. The van der Waals surface area contributed by atoms with Crippen LogP contribution in [0.2, 0.25) is 0 Å². The molecule has 1 aliphatic rings. The Morgan fingerprint density at radius 3 is 1.76 bits per heavy atom. The van der Waals surface area contributed by atoms with E-state index < -0.39 is 0 Å². The summed E-state index contributed by atoms with van der Waals surface area (Å²) in [5.41, 5.74) is 15.6. The lowest BCUT2D eigenvalue weighted by Crippen LogP contribution is -2.28. The minimum Gasteiger partial charge on any atom is -0.458 e. The van der Waals surface area contributed by atoms with E-state index in [1.165, 1.54) is 27.9 Å². The molecule has 0 saturated heterocycles. The van der Waals surface area contributed by atoms with E-state index in [4.69, 9.17) is 9.40 Å². The van der Waals surface area contributed by atoms with Crippen molar-refractivity contribution in [1.82, 2.24) is 15.0 Å². The van der Waals surface area contributed by atoms with E-state index >= 15 is 0 Å². The molecule has 5 heterocycles. The second-order valence-corrected chi connectivity index (χ2v) is 13.7. The lowest BCUT2D eigenvalue weighted by molar-refractivity contribution is 0.514. The highest BCUT2D eigenvalue weighted by Crippen LogP contribution is 2.53. The predicted octanol–water partition coefficient (Wildman–Crippen LogP) is 12.2. The number of hydrogen-bond acceptors (Lipinski definition) is 5. The third kappa shape index (κ3) is 5.46. The van der Waals surface area contributed by atoms with Crippen molar-refractivity contribution < 1.29 is 4.42 Å². The number of pyridine rings is 3. The molecule has 0 spiro atoms. The van der Waals surface area contributed by atoms with Crippen LogP contribution in [0.25, 0.3) is 78.3 Å². The summed E-state index contributed by atoms with van der Waals surface area (Å²) >= 11 is 0. The van der Waals surface area contributed by atoms with Crippen molar-refractivity contribution in [2.24, 2.45) is 0 Å². The van der Waals surface area contributed by atoms with Crippen molar-refractivity contribution in [2.75, 3.05) is 11.9 Å². The second kappa shape index (κ2) is 13.1. The number of hydrogen-bond donors (Lipinski definition) is 0. The van der Waals surface area contributed by atoms with E-state index in [0.29, 0.717) is 0 Å². The lowest BCUT2D eigenvalue weighted by Gasteiger charge is -2.36. The van der Waals surface area contributed by atoms with Crippen LogP contribution in [0.3, 0.4) is 0 Å². The zero-order valence-electron chi connectivity index (χ0n) is 29.6. The molecule has 5 aromatic carbocycles. The molecule has 1 unspecified atom stereocenters. The molecule has 54 heavy (non-hydrogen) atoms. The maximum Gasteiger partial charge on any atom is 0.140 e. The van der Waals surface area contributed by atoms with Gasteiger partial charge in [-0.2, -0.15) is 0 Å². The van der Waals surface area contributed by atoms with E-state index in [0.717, 1.165) is 67.3 Å². The first-order valence-electron chi connectivity index (χ1n) is 18.2. The molecule has 256 valence electrons. The van der Waals surface area contributed by atoms with E-state index in [2.05, 4.69) is 149 Å². The van der Waals surface area contributed by atoms with E-state index in [1.54, 1.807) is 12.4 Å². The van der Waals surface area contributed by atoms with Crippen LogP contribution in [-0.4, -0.2) is 22.0 Å². The molecule has 0 fully saturated rings. The highest BCUT2D eigenvalue weighted by Gasteiger charge is 2.36. The number of para-hydroxylation sites is 1. The van der Waals surface area contributed by atoms with Gasteiger partial charge in [-0.15, -0.1) is 0 Å². The Morgan fingerprint density at radius 2 is 1.07 bits per heavy atom. The summed E-state index contributed by atoms with van der Waals surface area (Å²) in [6, 6.07) is 59.3. The molecule has 1 aliphatic heterocycles. The summed E-state index contributed by atoms with van der Waals surface area (Å²) in [5.74, 6) is 0.973. The minimum atomic E-state index is -0.0463. The smallest absolute Gasteiger partial charge is 0.140 e. The number of aromatic nitrogens is 3. The van der Waals surface area contributed by atoms with Crippen molar-refractivity contribution in [1.29, 1.82) is 0 Å². The standard InChI is InChI=1S/C49H34N4O/c1-53-44-24-13-21-38(46(44)47-39-20-5-6-25-45(39)54-49(47)48(53)32-14-3-2-4-15-32)36-19-12-17-34(29-36)33-16-11-18-35(28-33)37-30-42(40-22-7-9-26-50-40)52-43(31-37)41-23-8-10-27-51-41/h2-31,48H,1H3. The predicted molar refractivity (Wildman–Crippen MR) is 219 cm³/mol. The maximum atomic E-state index is 6.74. The van der Waals surface area contributed by atoms with Gasteiger partial charge < -0.3 is 9.32 Å². The van der Waals surface area contributed by atoms with Gasteiger partial charge in [0.25, 0.3) is 0 Å². The zero-order chi connectivity index (χ0) is 36.0. The highest BCUT2D eigenvalue weighted by molar-refractivity contribution is 6.06. The van der Waals surface area contributed by atoms with Gasteiger partial charge in [-0.3, -0.25) is 9.97 Å². The van der Waals surface area contributed by atoms with Gasteiger partial charge in [0.2, 0.25) is 0 Å². The highest BCUT2D eigenvalue weighted by atomic mass is 16.3. The van der Waals surface area contributed by atoms with Crippen LogP contribution in [0.1, 0.15) is 17.4 Å². The Labute approximate surface area is 313 Å². The number of nitrogens with zero attached hydrogens (tertiary/aromatic N) is 4. The van der Waals surface area contributed by atoms with Gasteiger partial charge in [0, 0.05) is 41.6 Å². The summed E-state index contributed by atoms with van der Waals surface area (Å²) in [4.78, 5) is 16.6. The molecule has 1 atom stereocenters. The fraction of sp³-hybridized carbons (Fsp3) is 0.0408. The molecule has 0 N–H and O–H groups in total. The van der Waals surface area contributed by atoms with Gasteiger partial charge in [0.15, 0.2) is 0 Å². The van der Waals surface area contributed by atoms with Gasteiger partial charge in [0.05, 0.1) is 22.8 Å². The lowest BCUT2D eigenvalue weighted by atomic mass is 9.84. The van der Waals surface area contributed by atoms with E-state index in [9.17, 15) is 0 Å². The van der Waals surface area contributed by atoms with Crippen LogP contribution in [0.15, 0.2) is 187 Å². The van der Waals surface area contributed by atoms with Crippen LogP contribution in [-0.2, 0) is 0 Å². The van der Waals surface area contributed by atoms with Gasteiger partial charge in [-0.25, -0.2) is 4.98 Å². The SMILES string of the molecule is CN1c2cccc(-c3cccc(-c4cccc(-c5cc(-c6ccccn6)nc(-c6ccccn6)c5)c4)c3)c2-c2c(oc3ccccc23)C1c1ccccc1. The fourth-order valence-corrected chi connectivity index (χ4v) is 7.91. The molecule has 0 amide bonds. The minimum absolute atomic E-state index is 0.0463. The molecule has 0 aliphatic carbocycles. The largest absolute Gasteiger partial charge is 0.458 e. The molecule has 0 saturated carbocycles. The van der Waals surface area contributed by atoms with Crippen LogP contribution < -0.4 is 4.90 Å². The maximum absolute atomic E-state index is 6.74. The van der Waals surface area contributed by atoms with Crippen LogP contribution >= 0.6 is 0 Å². The average Bonchev–Trinajstić information content (AvgIpc) is 3.63. The fourth-order valence-electron chi connectivity index (χ4n) is 7.91. The number of benzene rings is 5. The molecule has 5 heteroatoms. The Morgan fingerprint density at radius 1 is 0.481 bits per heavy atom. The third-order valence-corrected chi connectivity index (χ3v) is 10.4. The van der Waals surface area contributed by atoms with Gasteiger partial charge in [0.1, 0.15) is 17.4 Å². The summed E-state index contributed by atoms with van der Waals surface area (Å²) < 4.78 is 6.74. The molecule has 4 aromatic heterocycles. The van der Waals surface area contributed by atoms with E-state index in [-0.39, 0.29) is 6.04 Å². The van der Waals surface area contributed by atoms with Gasteiger partial charge in [-0.1, -0.05) is 109 Å². The molecule has 0 radical (unpaired) electrons.